The molecule has 5 N–H and O–H groups in total. The van der Waals surface area contributed by atoms with Crippen LogP contribution in [0.4, 0.5) is 0 Å². The van der Waals surface area contributed by atoms with Gasteiger partial charge in [0, 0.05) is 12.4 Å². The van der Waals surface area contributed by atoms with Crippen molar-refractivity contribution in [2.75, 3.05) is 0 Å². The number of rotatable bonds is 1. The standard InChI is InChI=1S/C5H5NO3S.Na.2H2O.H/c7-10(8,9)5-2-1-3-6-4-5;;;;/h1-4H,(H,7,8,9);;2*1H2;. The Morgan fingerprint density at radius 1 is 1.31 bits per heavy atom. The molecule has 1 aromatic heterocycles. The summed E-state index contributed by atoms with van der Waals surface area (Å²) in [7, 11) is -4.07. The Morgan fingerprint density at radius 3 is 2.08 bits per heavy atom. The van der Waals surface area contributed by atoms with Gasteiger partial charge in [0.1, 0.15) is 4.90 Å². The molecular weight excluding hydrogens is 209 g/mol. The van der Waals surface area contributed by atoms with Gasteiger partial charge in [0.15, 0.2) is 0 Å². The molecule has 72 valence electrons. The van der Waals surface area contributed by atoms with E-state index in [9.17, 15) is 8.42 Å². The van der Waals surface area contributed by atoms with Crippen molar-refractivity contribution >= 4 is 39.7 Å². The quantitative estimate of drug-likeness (QED) is 0.433. The molecule has 0 saturated carbocycles. The molecule has 0 bridgehead atoms. The van der Waals surface area contributed by atoms with Crippen molar-refractivity contribution in [3.63, 3.8) is 0 Å². The minimum atomic E-state index is -4.07. The van der Waals surface area contributed by atoms with Crippen LogP contribution in [0.1, 0.15) is 0 Å². The fraction of sp³-hybridized carbons (Fsp3) is 0. The van der Waals surface area contributed by atoms with Crippen LogP contribution >= 0.6 is 0 Å². The maximum atomic E-state index is 10.3. The summed E-state index contributed by atoms with van der Waals surface area (Å²) in [6.07, 6.45) is 2.50. The van der Waals surface area contributed by atoms with Gasteiger partial charge in [0.25, 0.3) is 10.1 Å². The van der Waals surface area contributed by atoms with Crippen LogP contribution in [0.5, 0.6) is 0 Å². The molecule has 8 heteroatoms. The van der Waals surface area contributed by atoms with Gasteiger partial charge in [0.2, 0.25) is 0 Å². The van der Waals surface area contributed by atoms with Gasteiger partial charge in [-0.15, -0.1) is 0 Å². The summed E-state index contributed by atoms with van der Waals surface area (Å²) < 4.78 is 29.1. The van der Waals surface area contributed by atoms with Gasteiger partial charge < -0.3 is 11.0 Å². The third-order valence-electron chi connectivity index (χ3n) is 0.932. The van der Waals surface area contributed by atoms with Crippen LogP contribution < -0.4 is 0 Å². The summed E-state index contributed by atoms with van der Waals surface area (Å²) in [5.74, 6) is 0. The number of pyridine rings is 1. The second-order valence-electron chi connectivity index (χ2n) is 1.66. The summed E-state index contributed by atoms with van der Waals surface area (Å²) in [5.41, 5.74) is 0. The number of hydrogen-bond donors (Lipinski definition) is 1. The van der Waals surface area contributed by atoms with Gasteiger partial charge in [-0.3, -0.25) is 9.54 Å². The SMILES string of the molecule is O.O.O=S(=O)(O)c1cccnc1.[NaH]. The first-order chi connectivity index (χ1) is 4.61. The number of aromatic nitrogens is 1. The molecule has 0 unspecified atom stereocenters. The monoisotopic (exact) mass is 219 g/mol. The predicted molar refractivity (Wildman–Crippen MR) is 48.4 cm³/mol. The summed E-state index contributed by atoms with van der Waals surface area (Å²) in [5, 5.41) is 0. The van der Waals surface area contributed by atoms with E-state index in [2.05, 4.69) is 4.98 Å². The Morgan fingerprint density at radius 2 is 1.85 bits per heavy atom. The van der Waals surface area contributed by atoms with Crippen molar-refractivity contribution in [3.8, 4) is 0 Å². The Kier molecular flexibility index (Phi) is 10.6. The van der Waals surface area contributed by atoms with Crippen LogP contribution in [0.2, 0.25) is 0 Å². The molecule has 0 spiro atoms. The van der Waals surface area contributed by atoms with E-state index in [1.165, 1.54) is 18.3 Å². The van der Waals surface area contributed by atoms with Crippen molar-refractivity contribution in [2.24, 2.45) is 0 Å². The van der Waals surface area contributed by atoms with Gasteiger partial charge in [-0.2, -0.15) is 8.42 Å². The first kappa shape index (κ1) is 18.7. The number of nitrogens with zero attached hydrogens (tertiary/aromatic N) is 1. The normalized spacial score (nSPS) is 8.69. The molecule has 0 aliphatic heterocycles. The average Bonchev–Trinajstić information content (AvgIpc) is 1.88. The number of hydrogen-bond acceptors (Lipinski definition) is 3. The fourth-order valence-electron chi connectivity index (χ4n) is 0.500. The van der Waals surface area contributed by atoms with Gasteiger partial charge in [-0.05, 0) is 12.1 Å². The van der Waals surface area contributed by atoms with Crippen molar-refractivity contribution < 1.29 is 23.9 Å². The Labute approximate surface area is 97.7 Å². The molecule has 0 fully saturated rings. The van der Waals surface area contributed by atoms with Gasteiger partial charge in [0.05, 0.1) is 0 Å². The molecule has 0 aliphatic rings. The second kappa shape index (κ2) is 7.39. The molecule has 0 amide bonds. The summed E-state index contributed by atoms with van der Waals surface area (Å²) in [4.78, 5) is 3.33. The van der Waals surface area contributed by atoms with Crippen LogP contribution in [-0.4, -0.2) is 58.5 Å². The van der Waals surface area contributed by atoms with Crippen LogP contribution in [0, 0.1) is 0 Å². The molecule has 1 heterocycles. The molecular formula is C5H10NNaO5S. The maximum absolute atomic E-state index is 10.3. The summed E-state index contributed by atoms with van der Waals surface area (Å²) in [6.45, 7) is 0. The van der Waals surface area contributed by atoms with E-state index in [0.717, 1.165) is 6.20 Å². The van der Waals surface area contributed by atoms with Gasteiger partial charge in [-0.1, -0.05) is 0 Å². The van der Waals surface area contributed by atoms with Crippen LogP contribution in [-0.2, 0) is 10.1 Å². The van der Waals surface area contributed by atoms with Crippen LogP contribution in [0.15, 0.2) is 29.4 Å². The zero-order valence-corrected chi connectivity index (χ0v) is 6.75. The van der Waals surface area contributed by atoms with E-state index >= 15 is 0 Å². The van der Waals surface area contributed by atoms with E-state index in [1.807, 2.05) is 0 Å². The van der Waals surface area contributed by atoms with Crippen molar-refractivity contribution in [1.82, 2.24) is 4.98 Å². The third-order valence-corrected chi connectivity index (χ3v) is 1.77. The molecule has 0 radical (unpaired) electrons. The van der Waals surface area contributed by atoms with E-state index in [-0.39, 0.29) is 45.4 Å². The Balaban J connectivity index is -0.000000333. The third kappa shape index (κ3) is 6.11. The first-order valence-corrected chi connectivity index (χ1v) is 3.92. The minimum absolute atomic E-state index is 0. The van der Waals surface area contributed by atoms with Gasteiger partial charge >= 0.3 is 29.6 Å². The second-order valence-corrected chi connectivity index (χ2v) is 3.09. The van der Waals surface area contributed by atoms with E-state index in [0.29, 0.717) is 0 Å². The molecule has 0 aromatic carbocycles. The molecule has 13 heavy (non-hydrogen) atoms. The van der Waals surface area contributed by atoms with Gasteiger partial charge in [-0.25, -0.2) is 0 Å². The Hall–Kier alpha value is -0.0200. The summed E-state index contributed by atoms with van der Waals surface area (Å²) in [6, 6.07) is 2.70. The van der Waals surface area contributed by atoms with Crippen LogP contribution in [0.25, 0.3) is 0 Å². The van der Waals surface area contributed by atoms with E-state index < -0.39 is 10.1 Å². The molecule has 0 atom stereocenters. The van der Waals surface area contributed by atoms with Crippen molar-refractivity contribution in [1.29, 1.82) is 0 Å². The molecule has 6 nitrogen and oxygen atoms in total. The average molecular weight is 219 g/mol. The van der Waals surface area contributed by atoms with E-state index in [4.69, 9.17) is 4.55 Å². The molecule has 1 aromatic rings. The van der Waals surface area contributed by atoms with Crippen molar-refractivity contribution in [3.05, 3.63) is 24.5 Å². The molecule has 1 rings (SSSR count). The Bertz CT molecular complexity index is 313. The van der Waals surface area contributed by atoms with E-state index in [1.54, 1.807) is 0 Å². The topological polar surface area (TPSA) is 130 Å². The molecule has 0 saturated heterocycles. The zero-order valence-electron chi connectivity index (χ0n) is 5.93. The molecule has 0 aliphatic carbocycles. The summed E-state index contributed by atoms with van der Waals surface area (Å²) >= 11 is 0. The fourth-order valence-corrected chi connectivity index (χ4v) is 0.944. The first-order valence-electron chi connectivity index (χ1n) is 2.48. The predicted octanol–water partition coefficient (Wildman–Crippen LogP) is -1.97. The van der Waals surface area contributed by atoms with Crippen LogP contribution in [0.3, 0.4) is 0 Å². The van der Waals surface area contributed by atoms with Crippen molar-refractivity contribution in [2.45, 2.75) is 4.90 Å². The zero-order chi connectivity index (χ0) is 7.61.